The zero-order valence-corrected chi connectivity index (χ0v) is 26.4. The van der Waals surface area contributed by atoms with Crippen molar-refractivity contribution in [3.63, 3.8) is 0 Å². The molecular formula is C32H43N3O9. The van der Waals surface area contributed by atoms with Crippen LogP contribution in [-0.4, -0.2) is 90.4 Å². The van der Waals surface area contributed by atoms with Gasteiger partial charge in [0.25, 0.3) is 0 Å². The van der Waals surface area contributed by atoms with E-state index >= 15 is 0 Å². The number of nitrogens with one attached hydrogen (secondary N) is 2. The van der Waals surface area contributed by atoms with Crippen LogP contribution in [0, 0.1) is 5.92 Å². The summed E-state index contributed by atoms with van der Waals surface area (Å²) in [5.74, 6) is -1.05. The quantitative estimate of drug-likeness (QED) is 0.331. The summed E-state index contributed by atoms with van der Waals surface area (Å²) in [6.07, 6.45) is 1.51. The molecule has 44 heavy (non-hydrogen) atoms. The molecule has 2 heterocycles. The van der Waals surface area contributed by atoms with Gasteiger partial charge in [0.2, 0.25) is 11.8 Å². The number of likely N-dealkylation sites (tertiary alicyclic amines) is 1. The molecule has 1 aromatic carbocycles. The van der Waals surface area contributed by atoms with Crippen molar-refractivity contribution in [3.8, 4) is 11.5 Å². The molecule has 0 unspecified atom stereocenters. The van der Waals surface area contributed by atoms with Crippen LogP contribution in [-0.2, 0) is 40.5 Å². The molecule has 1 spiro atoms. The summed E-state index contributed by atoms with van der Waals surface area (Å²) in [5, 5.41) is 17.5. The summed E-state index contributed by atoms with van der Waals surface area (Å²) < 4.78 is 23.3. The van der Waals surface area contributed by atoms with Gasteiger partial charge in [0, 0.05) is 24.9 Å². The number of esters is 2. The highest BCUT2D eigenvalue weighted by molar-refractivity contribution is 5.90. The normalized spacial score (nSPS) is 28.4. The number of benzene rings is 1. The molecule has 2 bridgehead atoms. The third-order valence-electron chi connectivity index (χ3n) is 9.51. The second kappa shape index (κ2) is 11.7. The van der Waals surface area contributed by atoms with Crippen molar-refractivity contribution < 1.29 is 43.2 Å². The summed E-state index contributed by atoms with van der Waals surface area (Å²) in [5.41, 5.74) is -0.00815. The monoisotopic (exact) mass is 613 g/mol. The maximum atomic E-state index is 13.3. The molecule has 240 valence electrons. The summed E-state index contributed by atoms with van der Waals surface area (Å²) >= 11 is 0. The Bertz CT molecular complexity index is 1390. The third kappa shape index (κ3) is 5.11. The molecule has 1 aromatic rings. The summed E-state index contributed by atoms with van der Waals surface area (Å²) in [4.78, 5) is 52.6. The maximum Gasteiger partial charge on any atom is 0.352 e. The van der Waals surface area contributed by atoms with Gasteiger partial charge in [0.1, 0.15) is 17.8 Å². The first-order valence-electron chi connectivity index (χ1n) is 15.2. The lowest BCUT2D eigenvalue weighted by molar-refractivity contribution is -0.176. The van der Waals surface area contributed by atoms with Gasteiger partial charge in [0.05, 0.1) is 18.1 Å². The van der Waals surface area contributed by atoms with Crippen LogP contribution in [0.3, 0.4) is 0 Å². The van der Waals surface area contributed by atoms with Crippen LogP contribution in [0.5, 0.6) is 11.5 Å². The molecule has 5 rings (SSSR count). The average Bonchev–Trinajstić information content (AvgIpc) is 3.31. The Balaban J connectivity index is 1.30. The topological polar surface area (TPSA) is 153 Å². The first-order valence-corrected chi connectivity index (χ1v) is 15.2. The molecule has 2 aliphatic heterocycles. The van der Waals surface area contributed by atoms with Crippen LogP contribution < -0.4 is 20.1 Å². The molecule has 12 nitrogen and oxygen atoms in total. The van der Waals surface area contributed by atoms with Crippen molar-refractivity contribution in [1.82, 2.24) is 15.5 Å². The van der Waals surface area contributed by atoms with E-state index < -0.39 is 53.2 Å². The van der Waals surface area contributed by atoms with Gasteiger partial charge in [-0.2, -0.15) is 0 Å². The Morgan fingerprint density at radius 3 is 2.52 bits per heavy atom. The third-order valence-corrected chi connectivity index (χ3v) is 9.51. The van der Waals surface area contributed by atoms with Gasteiger partial charge in [0.15, 0.2) is 23.7 Å². The van der Waals surface area contributed by atoms with E-state index in [0.717, 1.165) is 17.7 Å². The van der Waals surface area contributed by atoms with Gasteiger partial charge in [-0.3, -0.25) is 9.59 Å². The van der Waals surface area contributed by atoms with Crippen LogP contribution in [0.25, 0.3) is 0 Å². The second-order valence-corrected chi connectivity index (χ2v) is 12.9. The van der Waals surface area contributed by atoms with E-state index in [1.807, 2.05) is 33.0 Å². The molecule has 7 atom stereocenters. The fourth-order valence-corrected chi connectivity index (χ4v) is 7.43. The molecule has 1 fully saturated rings. The number of piperidine rings is 1. The molecule has 0 radical (unpaired) electrons. The minimum absolute atomic E-state index is 0.123. The molecule has 2 amide bonds. The predicted molar refractivity (Wildman–Crippen MR) is 158 cm³/mol. The van der Waals surface area contributed by atoms with Crippen molar-refractivity contribution in [2.24, 2.45) is 5.92 Å². The average molecular weight is 614 g/mol. The van der Waals surface area contributed by atoms with Crippen LogP contribution in [0.2, 0.25) is 0 Å². The molecule has 2 aliphatic carbocycles. The van der Waals surface area contributed by atoms with Gasteiger partial charge in [-0.15, -0.1) is 0 Å². The number of methoxy groups -OCH3 is 1. The molecule has 0 aromatic heterocycles. The number of likely N-dealkylation sites (N-methyl/N-ethyl adjacent to an activating group) is 1. The van der Waals surface area contributed by atoms with Crippen LogP contribution in [0.15, 0.2) is 24.0 Å². The highest BCUT2D eigenvalue weighted by atomic mass is 16.6. The number of carbonyl (C=O) groups is 4. The fourth-order valence-electron chi connectivity index (χ4n) is 7.43. The second-order valence-electron chi connectivity index (χ2n) is 12.9. The van der Waals surface area contributed by atoms with E-state index in [1.54, 1.807) is 13.2 Å². The molecule has 0 saturated carbocycles. The molecule has 12 heteroatoms. The van der Waals surface area contributed by atoms with E-state index in [9.17, 15) is 24.3 Å². The van der Waals surface area contributed by atoms with E-state index in [1.165, 1.54) is 20.8 Å². The number of ether oxygens (including phenoxy) is 4. The lowest BCUT2D eigenvalue weighted by atomic mass is 9.50. The number of amides is 2. The van der Waals surface area contributed by atoms with Crippen LogP contribution in [0.4, 0.5) is 0 Å². The summed E-state index contributed by atoms with van der Waals surface area (Å²) in [6, 6.07) is 1.84. The lowest BCUT2D eigenvalue weighted by Gasteiger charge is -2.61. The summed E-state index contributed by atoms with van der Waals surface area (Å²) in [6.45, 7) is 8.71. The van der Waals surface area contributed by atoms with Gasteiger partial charge in [-0.25, -0.2) is 9.59 Å². The van der Waals surface area contributed by atoms with Crippen molar-refractivity contribution in [2.75, 3.05) is 20.7 Å². The highest BCUT2D eigenvalue weighted by Crippen LogP contribution is 2.65. The van der Waals surface area contributed by atoms with Gasteiger partial charge >= 0.3 is 11.9 Å². The first-order chi connectivity index (χ1) is 20.7. The number of rotatable bonds is 10. The highest BCUT2D eigenvalue weighted by Gasteiger charge is 2.72. The van der Waals surface area contributed by atoms with E-state index in [4.69, 9.17) is 18.9 Å². The number of nitrogens with zero attached hydrogens (tertiary/aromatic N) is 1. The van der Waals surface area contributed by atoms with Crippen molar-refractivity contribution in [2.45, 2.75) is 102 Å². The molecule has 1 saturated heterocycles. The Labute approximate surface area is 257 Å². The van der Waals surface area contributed by atoms with Gasteiger partial charge < -0.3 is 39.6 Å². The van der Waals surface area contributed by atoms with Crippen molar-refractivity contribution in [1.29, 1.82) is 0 Å². The van der Waals surface area contributed by atoms with Crippen LogP contribution in [0.1, 0.15) is 65.0 Å². The van der Waals surface area contributed by atoms with E-state index in [0.29, 0.717) is 30.8 Å². The van der Waals surface area contributed by atoms with E-state index in [2.05, 4.69) is 15.5 Å². The number of hydrogen-bond acceptors (Lipinski definition) is 10. The zero-order valence-electron chi connectivity index (χ0n) is 26.4. The first kappa shape index (κ1) is 31.8. The molecular weight excluding hydrogens is 570 g/mol. The van der Waals surface area contributed by atoms with Crippen molar-refractivity contribution >= 4 is 23.8 Å². The largest absolute Gasteiger partial charge is 0.493 e. The maximum absolute atomic E-state index is 13.3. The van der Waals surface area contributed by atoms with Gasteiger partial charge in [-0.1, -0.05) is 19.9 Å². The smallest absolute Gasteiger partial charge is 0.352 e. The number of carbonyl (C=O) groups excluding carboxylic acids is 4. The molecule has 4 aliphatic rings. The lowest BCUT2D eigenvalue weighted by Crippen LogP contribution is -2.74. The fraction of sp³-hybridized carbons (Fsp3) is 0.625. The predicted octanol–water partition coefficient (Wildman–Crippen LogP) is 1.50. The Morgan fingerprint density at radius 2 is 1.86 bits per heavy atom. The zero-order chi connectivity index (χ0) is 32.1. The van der Waals surface area contributed by atoms with E-state index in [-0.39, 0.29) is 30.0 Å². The number of hydrogen-bond donors (Lipinski definition) is 3. The SMILES string of the molecule is COc1ccc2c3c1O[C@@H]1C(OC(=O)[C@H](C)OC(=O)[C@H](C)NC(=O)[C@H](CC(C)C)NC(C)=O)=CC[C@]4(O)[C@H](C2)N(C)CC[C@@]314. The van der Waals surface area contributed by atoms with Gasteiger partial charge in [-0.05, 0) is 70.3 Å². The Kier molecular flexibility index (Phi) is 8.45. The standard InChI is InChI=1S/C32H43N3O9/c1-16(2)14-21(34-19(5)36)28(37)33-17(3)29(38)42-18(4)30(39)43-23-10-11-32(40)24-15-20-8-9-22(41-7)26-25(20)31(32,27(23)44-26)12-13-35(24)6/h8-10,16-18,21,24,27,40H,11-15H2,1-7H3,(H,33,37)(H,34,36)/t17-,18-,21-,24-,27+,31+,32-/m0/s1. The Morgan fingerprint density at radius 1 is 1.14 bits per heavy atom. The number of aliphatic hydroxyl groups is 1. The minimum Gasteiger partial charge on any atom is -0.493 e. The molecule has 3 N–H and O–H groups in total. The van der Waals surface area contributed by atoms with Crippen LogP contribution >= 0.6 is 0 Å². The minimum atomic E-state index is -1.30. The Hall–Kier alpha value is -3.64. The van der Waals surface area contributed by atoms with Crippen molar-refractivity contribution in [3.05, 3.63) is 35.1 Å². The summed E-state index contributed by atoms with van der Waals surface area (Å²) in [7, 11) is 3.58.